The fourth-order valence-electron chi connectivity index (χ4n) is 3.22. The van der Waals surface area contributed by atoms with Crippen molar-refractivity contribution in [3.8, 4) is 17.0 Å². The monoisotopic (exact) mass is 411 g/mol. The molecule has 1 N–H and O–H groups in total. The van der Waals surface area contributed by atoms with E-state index in [1.54, 1.807) is 19.2 Å². The van der Waals surface area contributed by atoms with E-state index < -0.39 is 11.7 Å². The van der Waals surface area contributed by atoms with Crippen LogP contribution in [-0.2, 0) is 9.59 Å². The molecule has 1 atom stereocenters. The van der Waals surface area contributed by atoms with Gasteiger partial charge in [0.2, 0.25) is 11.8 Å². The molecule has 6 nitrogen and oxygen atoms in total. The number of aromatic nitrogens is 1. The molecule has 2 amide bonds. The van der Waals surface area contributed by atoms with Gasteiger partial charge in [0.15, 0.2) is 5.13 Å². The molecule has 0 bridgehead atoms. The summed E-state index contributed by atoms with van der Waals surface area (Å²) in [6.45, 7) is 0.141. The zero-order valence-electron chi connectivity index (χ0n) is 15.6. The van der Waals surface area contributed by atoms with Crippen molar-refractivity contribution in [1.82, 2.24) is 4.98 Å². The van der Waals surface area contributed by atoms with Crippen LogP contribution in [0.3, 0.4) is 0 Å². The van der Waals surface area contributed by atoms with Gasteiger partial charge in [-0.05, 0) is 36.4 Å². The van der Waals surface area contributed by atoms with Crippen LogP contribution in [-0.4, -0.2) is 30.5 Å². The molecule has 3 aromatic rings. The lowest BCUT2D eigenvalue weighted by atomic mass is 10.1. The van der Waals surface area contributed by atoms with E-state index in [2.05, 4.69) is 10.3 Å². The summed E-state index contributed by atoms with van der Waals surface area (Å²) >= 11 is 1.31. The number of benzene rings is 2. The third-order valence-electron chi connectivity index (χ3n) is 4.76. The van der Waals surface area contributed by atoms with Gasteiger partial charge in [-0.15, -0.1) is 11.3 Å². The van der Waals surface area contributed by atoms with Crippen LogP contribution in [0, 0.1) is 11.7 Å². The second-order valence-corrected chi connectivity index (χ2v) is 7.47. The number of hydrogen-bond acceptors (Lipinski definition) is 5. The Kier molecular flexibility index (Phi) is 5.26. The fourth-order valence-corrected chi connectivity index (χ4v) is 3.94. The first kappa shape index (κ1) is 19.1. The lowest BCUT2D eigenvalue weighted by Crippen LogP contribution is -2.28. The van der Waals surface area contributed by atoms with Crippen molar-refractivity contribution >= 4 is 34.0 Å². The number of nitrogens with zero attached hydrogens (tertiary/aromatic N) is 2. The van der Waals surface area contributed by atoms with Gasteiger partial charge in [0.25, 0.3) is 0 Å². The number of halogens is 1. The minimum Gasteiger partial charge on any atom is -0.497 e. The number of thiazole rings is 1. The molecular formula is C21H18FN3O3S. The maximum atomic E-state index is 14.0. The Morgan fingerprint density at radius 3 is 2.72 bits per heavy atom. The molecule has 2 aromatic carbocycles. The van der Waals surface area contributed by atoms with Gasteiger partial charge in [-0.3, -0.25) is 9.59 Å². The summed E-state index contributed by atoms with van der Waals surface area (Å²) in [4.78, 5) is 30.7. The smallest absolute Gasteiger partial charge is 0.231 e. The van der Waals surface area contributed by atoms with Gasteiger partial charge in [0, 0.05) is 23.9 Å². The summed E-state index contributed by atoms with van der Waals surface area (Å²) in [5.74, 6) is -0.856. The van der Waals surface area contributed by atoms with Crippen molar-refractivity contribution in [2.45, 2.75) is 6.42 Å². The first-order valence-corrected chi connectivity index (χ1v) is 9.89. The van der Waals surface area contributed by atoms with Gasteiger partial charge in [-0.2, -0.15) is 0 Å². The van der Waals surface area contributed by atoms with Gasteiger partial charge in [0.05, 0.1) is 24.4 Å². The molecule has 0 saturated carbocycles. The number of amides is 2. The second kappa shape index (κ2) is 8.00. The molecular weight excluding hydrogens is 393 g/mol. The number of anilines is 2. The molecule has 1 aliphatic heterocycles. The highest BCUT2D eigenvalue weighted by Gasteiger charge is 2.36. The fraction of sp³-hybridized carbons (Fsp3) is 0.190. The van der Waals surface area contributed by atoms with Crippen LogP contribution in [0.5, 0.6) is 5.75 Å². The summed E-state index contributed by atoms with van der Waals surface area (Å²) in [7, 11) is 1.60. The van der Waals surface area contributed by atoms with E-state index in [0.29, 0.717) is 5.13 Å². The molecule has 0 radical (unpaired) electrons. The molecule has 1 fully saturated rings. The van der Waals surface area contributed by atoms with Gasteiger partial charge in [-0.25, -0.2) is 9.37 Å². The van der Waals surface area contributed by atoms with E-state index in [0.717, 1.165) is 17.0 Å². The Hall–Kier alpha value is -3.26. The number of carbonyl (C=O) groups is 2. The van der Waals surface area contributed by atoms with E-state index in [4.69, 9.17) is 4.74 Å². The van der Waals surface area contributed by atoms with Crippen molar-refractivity contribution < 1.29 is 18.7 Å². The molecule has 0 aliphatic carbocycles. The van der Waals surface area contributed by atoms with Crippen LogP contribution in [0.1, 0.15) is 6.42 Å². The molecule has 4 rings (SSSR count). The lowest BCUT2D eigenvalue weighted by molar-refractivity contribution is -0.122. The minimum atomic E-state index is -0.560. The van der Waals surface area contributed by atoms with Crippen molar-refractivity contribution in [2.24, 2.45) is 5.92 Å². The Bertz CT molecular complexity index is 1050. The second-order valence-electron chi connectivity index (χ2n) is 6.61. The summed E-state index contributed by atoms with van der Waals surface area (Å²) in [5.41, 5.74) is 1.84. The van der Waals surface area contributed by atoms with Gasteiger partial charge in [-0.1, -0.05) is 12.1 Å². The Morgan fingerprint density at radius 2 is 2.00 bits per heavy atom. The molecule has 1 aliphatic rings. The number of methoxy groups -OCH3 is 1. The van der Waals surface area contributed by atoms with Crippen molar-refractivity contribution in [3.05, 3.63) is 59.7 Å². The normalized spacial score (nSPS) is 16.1. The first-order valence-electron chi connectivity index (χ1n) is 9.01. The molecule has 1 aromatic heterocycles. The zero-order valence-corrected chi connectivity index (χ0v) is 16.4. The van der Waals surface area contributed by atoms with E-state index >= 15 is 0 Å². The van der Waals surface area contributed by atoms with E-state index in [-0.39, 0.29) is 30.5 Å². The van der Waals surface area contributed by atoms with Crippen molar-refractivity contribution in [3.63, 3.8) is 0 Å². The predicted molar refractivity (Wildman–Crippen MR) is 110 cm³/mol. The number of rotatable bonds is 5. The third-order valence-corrected chi connectivity index (χ3v) is 5.52. The minimum absolute atomic E-state index is 0.0386. The Balaban J connectivity index is 1.43. The lowest BCUT2D eigenvalue weighted by Gasteiger charge is -2.17. The molecule has 1 saturated heterocycles. The average Bonchev–Trinajstić information content (AvgIpc) is 3.35. The first-order chi connectivity index (χ1) is 14.0. The summed E-state index contributed by atoms with van der Waals surface area (Å²) in [6, 6.07) is 13.5. The van der Waals surface area contributed by atoms with Gasteiger partial charge in [0.1, 0.15) is 11.6 Å². The third kappa shape index (κ3) is 3.97. The van der Waals surface area contributed by atoms with E-state index in [1.165, 1.54) is 28.4 Å². The van der Waals surface area contributed by atoms with Crippen LogP contribution in [0.4, 0.5) is 15.2 Å². The maximum Gasteiger partial charge on any atom is 0.231 e. The average molecular weight is 411 g/mol. The number of hydrogen-bond donors (Lipinski definition) is 1. The van der Waals surface area contributed by atoms with Gasteiger partial charge < -0.3 is 15.0 Å². The van der Waals surface area contributed by atoms with Crippen LogP contribution in [0.25, 0.3) is 11.3 Å². The molecule has 1 unspecified atom stereocenters. The highest BCUT2D eigenvalue weighted by molar-refractivity contribution is 7.14. The Labute approximate surface area is 171 Å². The zero-order chi connectivity index (χ0) is 20.4. The van der Waals surface area contributed by atoms with E-state index in [9.17, 15) is 14.0 Å². The number of para-hydroxylation sites is 1. The summed E-state index contributed by atoms with van der Waals surface area (Å²) < 4.78 is 19.1. The molecule has 0 spiro atoms. The number of nitrogens with one attached hydrogen (secondary N) is 1. The summed E-state index contributed by atoms with van der Waals surface area (Å²) in [5, 5.41) is 5.08. The van der Waals surface area contributed by atoms with Crippen LogP contribution in [0.15, 0.2) is 53.9 Å². The van der Waals surface area contributed by atoms with Crippen LogP contribution in [0.2, 0.25) is 0 Å². The summed E-state index contributed by atoms with van der Waals surface area (Å²) in [6.07, 6.45) is 0.0386. The van der Waals surface area contributed by atoms with Crippen LogP contribution >= 0.6 is 11.3 Å². The molecule has 2 heterocycles. The molecule has 29 heavy (non-hydrogen) atoms. The highest BCUT2D eigenvalue weighted by Crippen LogP contribution is 2.30. The maximum absolute atomic E-state index is 14.0. The Morgan fingerprint density at radius 1 is 1.24 bits per heavy atom. The molecule has 148 valence electrons. The SMILES string of the molecule is COc1ccc(-c2csc(NC(=O)C3CC(=O)N(c4ccccc4F)C3)n2)cc1. The number of carbonyl (C=O) groups excluding carboxylic acids is 2. The van der Waals surface area contributed by atoms with Crippen molar-refractivity contribution in [2.75, 3.05) is 23.9 Å². The van der Waals surface area contributed by atoms with Crippen LogP contribution < -0.4 is 15.0 Å². The predicted octanol–water partition coefficient (Wildman–Crippen LogP) is 3.95. The highest BCUT2D eigenvalue weighted by atomic mass is 32.1. The largest absolute Gasteiger partial charge is 0.497 e. The topological polar surface area (TPSA) is 71.5 Å². The van der Waals surface area contributed by atoms with E-state index in [1.807, 2.05) is 29.6 Å². The quantitative estimate of drug-likeness (QED) is 0.690. The standard InChI is InChI=1S/C21H18FN3O3S/c1-28-15-8-6-13(7-9-15)17-12-29-21(23-17)24-20(27)14-10-19(26)25(11-14)18-5-3-2-4-16(18)22/h2-9,12,14H,10-11H2,1H3,(H,23,24,27). The molecule has 8 heteroatoms. The van der Waals surface area contributed by atoms with Crippen molar-refractivity contribution in [1.29, 1.82) is 0 Å². The number of ether oxygens (including phenoxy) is 1. The van der Waals surface area contributed by atoms with Gasteiger partial charge >= 0.3 is 0 Å².